The predicted molar refractivity (Wildman–Crippen MR) is 117 cm³/mol. The molecule has 0 bridgehead atoms. The summed E-state index contributed by atoms with van der Waals surface area (Å²) < 4.78 is 0. The van der Waals surface area contributed by atoms with E-state index in [-0.39, 0.29) is 11.8 Å². The van der Waals surface area contributed by atoms with Crippen LogP contribution in [0.15, 0.2) is 0 Å². The van der Waals surface area contributed by atoms with Crippen molar-refractivity contribution >= 4 is 11.7 Å². The molecular weight excluding hydrogens is 350 g/mol. The smallest absolute Gasteiger partial charge is 0.225 e. The molecule has 5 heteroatoms. The number of nitrogens with zero attached hydrogens (tertiary/aromatic N) is 2. The Balaban J connectivity index is 0.000000717. The number of Topliss-reactive ketones (excluding diaryl/α,β-unsaturated/α-hetero) is 1. The molecule has 0 unspecified atom stereocenters. The minimum absolute atomic E-state index is 0.180. The van der Waals surface area contributed by atoms with Crippen LogP contribution in [0, 0.1) is 17.8 Å². The number of likely N-dealkylation sites (tertiary alicyclic amines) is 1. The quantitative estimate of drug-likeness (QED) is 0.773. The average Bonchev–Trinajstić information content (AvgIpc) is 2.69. The summed E-state index contributed by atoms with van der Waals surface area (Å²) >= 11 is 0. The average molecular weight is 396 g/mol. The van der Waals surface area contributed by atoms with E-state index in [0.29, 0.717) is 17.6 Å². The third kappa shape index (κ3) is 8.20. The van der Waals surface area contributed by atoms with Gasteiger partial charge >= 0.3 is 0 Å². The van der Waals surface area contributed by atoms with Gasteiger partial charge in [0.1, 0.15) is 5.78 Å². The lowest BCUT2D eigenvalue weighted by Gasteiger charge is -2.43. The first-order valence-electron chi connectivity index (χ1n) is 11.8. The summed E-state index contributed by atoms with van der Waals surface area (Å²) in [4.78, 5) is 28.5. The largest absolute Gasteiger partial charge is 0.342 e. The highest BCUT2D eigenvalue weighted by molar-refractivity contribution is 5.81. The van der Waals surface area contributed by atoms with E-state index in [2.05, 4.69) is 29.0 Å². The van der Waals surface area contributed by atoms with Crippen LogP contribution in [-0.2, 0) is 9.59 Å². The summed E-state index contributed by atoms with van der Waals surface area (Å²) in [5.41, 5.74) is 0. The molecule has 1 amide bonds. The number of ketones is 1. The molecule has 0 aromatic heterocycles. The Hall–Kier alpha value is -0.940. The Morgan fingerprint density at radius 1 is 0.929 bits per heavy atom. The normalized spacial score (nSPS) is 25.5. The summed E-state index contributed by atoms with van der Waals surface area (Å²) in [6.07, 6.45) is 6.11. The lowest BCUT2D eigenvalue weighted by atomic mass is 9.79. The van der Waals surface area contributed by atoms with Crippen molar-refractivity contribution in [2.75, 3.05) is 45.8 Å². The van der Waals surface area contributed by atoms with Crippen molar-refractivity contribution < 1.29 is 9.59 Å². The van der Waals surface area contributed by atoms with E-state index >= 15 is 0 Å². The van der Waals surface area contributed by atoms with Crippen LogP contribution in [0.4, 0.5) is 0 Å². The first kappa shape index (κ1) is 25.1. The molecule has 3 fully saturated rings. The molecule has 5 nitrogen and oxygen atoms in total. The predicted octanol–water partition coefficient (Wildman–Crippen LogP) is 3.58. The fourth-order valence-corrected chi connectivity index (χ4v) is 4.24. The van der Waals surface area contributed by atoms with Crippen LogP contribution < -0.4 is 5.32 Å². The molecule has 0 aromatic carbocycles. The van der Waals surface area contributed by atoms with Gasteiger partial charge in [-0.05, 0) is 51.5 Å². The van der Waals surface area contributed by atoms with Gasteiger partial charge in [-0.15, -0.1) is 0 Å². The summed E-state index contributed by atoms with van der Waals surface area (Å²) in [5, 5.41) is 3.38. The second-order valence-electron chi connectivity index (χ2n) is 8.36. The maximum Gasteiger partial charge on any atom is 0.225 e. The molecule has 1 aliphatic carbocycles. The summed E-state index contributed by atoms with van der Waals surface area (Å²) in [7, 11) is 0. The van der Waals surface area contributed by atoms with Gasteiger partial charge in [-0.2, -0.15) is 0 Å². The van der Waals surface area contributed by atoms with Crippen LogP contribution in [0.1, 0.15) is 73.1 Å². The van der Waals surface area contributed by atoms with E-state index in [0.717, 1.165) is 65.0 Å². The van der Waals surface area contributed by atoms with Crippen molar-refractivity contribution in [2.45, 2.75) is 73.1 Å². The van der Waals surface area contributed by atoms with E-state index in [1.54, 1.807) is 6.92 Å². The van der Waals surface area contributed by atoms with Crippen molar-refractivity contribution in [1.82, 2.24) is 15.1 Å². The molecule has 2 saturated heterocycles. The Morgan fingerprint density at radius 3 is 1.93 bits per heavy atom. The van der Waals surface area contributed by atoms with Crippen LogP contribution in [-0.4, -0.2) is 67.3 Å². The highest BCUT2D eigenvalue weighted by Gasteiger charge is 2.36. The molecule has 164 valence electrons. The molecule has 0 radical (unpaired) electrons. The highest BCUT2D eigenvalue weighted by Crippen LogP contribution is 2.32. The van der Waals surface area contributed by atoms with Gasteiger partial charge in [0.15, 0.2) is 0 Å². The van der Waals surface area contributed by atoms with Crippen LogP contribution in [0.25, 0.3) is 0 Å². The van der Waals surface area contributed by atoms with Gasteiger partial charge in [0, 0.05) is 51.1 Å². The second kappa shape index (κ2) is 14.1. The first-order valence-corrected chi connectivity index (χ1v) is 11.8. The van der Waals surface area contributed by atoms with Crippen molar-refractivity contribution in [3.63, 3.8) is 0 Å². The molecule has 0 atom stereocenters. The highest BCUT2D eigenvalue weighted by atomic mass is 16.2. The molecule has 2 heterocycles. The molecule has 28 heavy (non-hydrogen) atoms. The van der Waals surface area contributed by atoms with Crippen LogP contribution in [0.3, 0.4) is 0 Å². The summed E-state index contributed by atoms with van der Waals surface area (Å²) in [6, 6.07) is 0. The van der Waals surface area contributed by atoms with E-state index in [1.807, 2.05) is 13.8 Å². The monoisotopic (exact) mass is 395 g/mol. The Labute approximate surface area is 173 Å². The number of carbonyl (C=O) groups excluding carboxylic acids is 2. The number of hydrogen-bond donors (Lipinski definition) is 1. The Bertz CT molecular complexity index is 435. The molecule has 1 N–H and O–H groups in total. The molecule has 3 aliphatic rings. The van der Waals surface area contributed by atoms with Crippen LogP contribution >= 0.6 is 0 Å². The van der Waals surface area contributed by atoms with Gasteiger partial charge in [-0.1, -0.05) is 34.1 Å². The summed E-state index contributed by atoms with van der Waals surface area (Å²) in [5.74, 6) is 1.74. The molecule has 0 spiro atoms. The molecular formula is C23H45N3O2. The zero-order chi connectivity index (χ0) is 20.9. The van der Waals surface area contributed by atoms with Gasteiger partial charge < -0.3 is 15.1 Å². The number of rotatable bonds is 5. The fraction of sp³-hybridized carbons (Fsp3) is 0.913. The topological polar surface area (TPSA) is 52.7 Å². The van der Waals surface area contributed by atoms with E-state index < -0.39 is 0 Å². The van der Waals surface area contributed by atoms with E-state index in [4.69, 9.17) is 0 Å². The maximum atomic E-state index is 12.5. The lowest BCUT2D eigenvalue weighted by molar-refractivity contribution is -0.144. The third-order valence-corrected chi connectivity index (χ3v) is 5.98. The number of carbonyl (C=O) groups is 2. The number of hydrogen-bond acceptors (Lipinski definition) is 4. The number of nitrogens with one attached hydrogen (secondary N) is 1. The first-order chi connectivity index (χ1) is 13.5. The molecule has 3 rings (SSSR count). The zero-order valence-corrected chi connectivity index (χ0v) is 19.1. The SMILES string of the molecule is CC.CC(=O)C1CCC(C(=O)N2CC(CCN3CCNCC3)C2)CC1.CCC. The van der Waals surface area contributed by atoms with Crippen molar-refractivity contribution in [2.24, 2.45) is 17.8 Å². The maximum absolute atomic E-state index is 12.5. The molecule has 0 aromatic rings. The van der Waals surface area contributed by atoms with Crippen molar-refractivity contribution in [3.05, 3.63) is 0 Å². The standard InChI is InChI=1S/C18H31N3O2.C3H8.C2H6/c1-14(22)16-2-4-17(5-3-16)18(23)21-12-15(13-21)6-9-20-10-7-19-8-11-20;1-3-2;1-2/h15-17,19H,2-13H2,1H3;3H2,1-2H3;1-2H3. The van der Waals surface area contributed by atoms with Crippen molar-refractivity contribution in [1.29, 1.82) is 0 Å². The Morgan fingerprint density at radius 2 is 1.43 bits per heavy atom. The van der Waals surface area contributed by atoms with Gasteiger partial charge in [-0.25, -0.2) is 0 Å². The summed E-state index contributed by atoms with van der Waals surface area (Å²) in [6.45, 7) is 17.6. The second-order valence-corrected chi connectivity index (χ2v) is 8.36. The Kier molecular flexibility index (Phi) is 12.6. The van der Waals surface area contributed by atoms with Gasteiger partial charge in [0.25, 0.3) is 0 Å². The molecule has 1 saturated carbocycles. The lowest BCUT2D eigenvalue weighted by Crippen LogP contribution is -2.53. The third-order valence-electron chi connectivity index (χ3n) is 5.98. The number of amides is 1. The zero-order valence-electron chi connectivity index (χ0n) is 19.1. The van der Waals surface area contributed by atoms with Crippen LogP contribution in [0.2, 0.25) is 0 Å². The van der Waals surface area contributed by atoms with Gasteiger partial charge in [0.2, 0.25) is 5.91 Å². The van der Waals surface area contributed by atoms with Gasteiger partial charge in [-0.3, -0.25) is 9.59 Å². The van der Waals surface area contributed by atoms with Crippen LogP contribution in [0.5, 0.6) is 0 Å². The van der Waals surface area contributed by atoms with Gasteiger partial charge in [0.05, 0.1) is 0 Å². The van der Waals surface area contributed by atoms with E-state index in [1.165, 1.54) is 19.4 Å². The minimum Gasteiger partial charge on any atom is -0.342 e. The van der Waals surface area contributed by atoms with Crippen molar-refractivity contribution in [3.8, 4) is 0 Å². The number of piperazine rings is 1. The fourth-order valence-electron chi connectivity index (χ4n) is 4.24. The molecule has 2 aliphatic heterocycles. The van der Waals surface area contributed by atoms with E-state index in [9.17, 15) is 9.59 Å². The minimum atomic E-state index is 0.180.